The second-order valence-corrected chi connectivity index (χ2v) is 9.50. The molecule has 3 N–H and O–H groups in total. The smallest absolute Gasteiger partial charge is 0.113 e. The predicted octanol–water partition coefficient (Wildman–Crippen LogP) is 4.43. The van der Waals surface area contributed by atoms with Crippen LogP contribution in [0.5, 0.6) is 0 Å². The van der Waals surface area contributed by atoms with Crippen molar-refractivity contribution in [3.63, 3.8) is 0 Å². The van der Waals surface area contributed by atoms with Crippen LogP contribution in [-0.2, 0) is 34.8 Å². The Bertz CT molecular complexity index is 1250. The van der Waals surface area contributed by atoms with Crippen molar-refractivity contribution in [1.82, 2.24) is 9.97 Å². The summed E-state index contributed by atoms with van der Waals surface area (Å²) in [4.78, 5) is 8.15. The average Bonchev–Trinajstić information content (AvgIpc) is 3.15. The van der Waals surface area contributed by atoms with Gasteiger partial charge in [-0.15, -0.1) is 0 Å². The lowest BCUT2D eigenvalue weighted by Crippen LogP contribution is -2.02. The van der Waals surface area contributed by atoms with Gasteiger partial charge in [0, 0.05) is 30.2 Å². The lowest BCUT2D eigenvalue weighted by Gasteiger charge is -2.10. The van der Waals surface area contributed by atoms with Crippen molar-refractivity contribution in [2.24, 2.45) is 0 Å². The van der Waals surface area contributed by atoms with E-state index in [1.165, 1.54) is 5.56 Å². The van der Waals surface area contributed by atoms with Crippen LogP contribution in [0, 0.1) is 0 Å². The molecule has 8 heteroatoms. The molecule has 0 aliphatic rings. The van der Waals surface area contributed by atoms with Crippen molar-refractivity contribution < 1.29 is 8.42 Å². The Labute approximate surface area is 186 Å². The van der Waals surface area contributed by atoms with E-state index in [2.05, 4.69) is 20.5 Å². The SMILES string of the molecule is CS(=O)Nc1ccc(CCc2nc3ccc(-c4ccccc4NS(C)=O)cc3[nH]2)cc1. The Morgan fingerprint density at radius 3 is 2.35 bits per heavy atom. The van der Waals surface area contributed by atoms with E-state index in [1.54, 1.807) is 12.5 Å². The molecule has 0 radical (unpaired) electrons. The number of hydrogen-bond donors (Lipinski definition) is 3. The quantitative estimate of drug-likeness (QED) is 0.370. The number of para-hydroxylation sites is 1. The Hall–Kier alpha value is -2.97. The zero-order chi connectivity index (χ0) is 21.8. The molecule has 0 bridgehead atoms. The summed E-state index contributed by atoms with van der Waals surface area (Å²) in [7, 11) is -2.21. The summed E-state index contributed by atoms with van der Waals surface area (Å²) in [5.41, 5.74) is 6.82. The minimum atomic E-state index is -1.14. The first-order chi connectivity index (χ1) is 15.0. The molecule has 1 heterocycles. The number of aromatic amines is 1. The summed E-state index contributed by atoms with van der Waals surface area (Å²) in [6.45, 7) is 0. The number of nitrogens with zero attached hydrogens (tertiary/aromatic N) is 1. The summed E-state index contributed by atoms with van der Waals surface area (Å²) in [6, 6.07) is 21.9. The first-order valence-electron chi connectivity index (χ1n) is 9.85. The Morgan fingerprint density at radius 2 is 1.61 bits per heavy atom. The molecule has 0 saturated carbocycles. The van der Waals surface area contributed by atoms with Gasteiger partial charge in [0.2, 0.25) is 0 Å². The van der Waals surface area contributed by atoms with E-state index < -0.39 is 22.0 Å². The van der Waals surface area contributed by atoms with E-state index in [1.807, 2.05) is 60.7 Å². The van der Waals surface area contributed by atoms with E-state index in [0.29, 0.717) is 0 Å². The monoisotopic (exact) mass is 452 g/mol. The number of hydrogen-bond acceptors (Lipinski definition) is 3. The number of rotatable bonds is 8. The van der Waals surface area contributed by atoms with Crippen LogP contribution in [0.15, 0.2) is 66.7 Å². The number of anilines is 2. The molecule has 0 amide bonds. The minimum Gasteiger partial charge on any atom is -0.342 e. The summed E-state index contributed by atoms with van der Waals surface area (Å²) < 4.78 is 28.8. The molecule has 6 nitrogen and oxygen atoms in total. The second kappa shape index (κ2) is 9.45. The molecule has 0 spiro atoms. The Balaban J connectivity index is 1.51. The summed E-state index contributed by atoms with van der Waals surface area (Å²) in [6.07, 6.45) is 4.89. The van der Waals surface area contributed by atoms with E-state index >= 15 is 0 Å². The number of fused-ring (bicyclic) bond motifs is 1. The number of nitrogens with one attached hydrogen (secondary N) is 3. The van der Waals surface area contributed by atoms with Gasteiger partial charge in [-0.3, -0.25) is 0 Å². The number of imidazole rings is 1. The van der Waals surface area contributed by atoms with Crippen LogP contribution in [0.2, 0.25) is 0 Å². The van der Waals surface area contributed by atoms with Crippen LogP contribution in [0.1, 0.15) is 11.4 Å². The van der Waals surface area contributed by atoms with Gasteiger partial charge < -0.3 is 14.4 Å². The molecule has 1 aromatic heterocycles. The van der Waals surface area contributed by atoms with Gasteiger partial charge in [0.1, 0.15) is 27.8 Å². The van der Waals surface area contributed by atoms with Gasteiger partial charge in [-0.2, -0.15) is 0 Å². The van der Waals surface area contributed by atoms with Crippen LogP contribution in [0.3, 0.4) is 0 Å². The minimum absolute atomic E-state index is 0.795. The Kier molecular flexibility index (Phi) is 6.48. The predicted molar refractivity (Wildman–Crippen MR) is 131 cm³/mol. The lowest BCUT2D eigenvalue weighted by molar-refractivity contribution is 0.689. The molecule has 0 fully saturated rings. The van der Waals surface area contributed by atoms with Gasteiger partial charge in [0.25, 0.3) is 0 Å². The van der Waals surface area contributed by atoms with Gasteiger partial charge in [-0.1, -0.05) is 36.4 Å². The maximum atomic E-state index is 11.6. The maximum Gasteiger partial charge on any atom is 0.113 e. The average molecular weight is 453 g/mol. The number of aryl methyl sites for hydroxylation is 2. The van der Waals surface area contributed by atoms with E-state index in [4.69, 9.17) is 4.98 Å². The fraction of sp³-hybridized carbons (Fsp3) is 0.174. The highest BCUT2D eigenvalue weighted by Gasteiger charge is 2.09. The van der Waals surface area contributed by atoms with Crippen molar-refractivity contribution in [1.29, 1.82) is 0 Å². The van der Waals surface area contributed by atoms with Gasteiger partial charge in [-0.05, 0) is 47.9 Å². The van der Waals surface area contributed by atoms with Crippen molar-refractivity contribution in [2.75, 3.05) is 22.0 Å². The van der Waals surface area contributed by atoms with Gasteiger partial charge in [0.05, 0.1) is 16.7 Å². The van der Waals surface area contributed by atoms with Crippen molar-refractivity contribution in [3.8, 4) is 11.1 Å². The number of H-pyrrole nitrogens is 1. The van der Waals surface area contributed by atoms with E-state index in [-0.39, 0.29) is 0 Å². The molecule has 31 heavy (non-hydrogen) atoms. The molecule has 160 valence electrons. The second-order valence-electron chi connectivity index (χ2n) is 7.27. The van der Waals surface area contributed by atoms with Gasteiger partial charge in [-0.25, -0.2) is 13.4 Å². The third kappa shape index (κ3) is 5.39. The van der Waals surface area contributed by atoms with E-state index in [0.717, 1.165) is 52.2 Å². The topological polar surface area (TPSA) is 86.9 Å². The van der Waals surface area contributed by atoms with Crippen LogP contribution in [0.4, 0.5) is 11.4 Å². The van der Waals surface area contributed by atoms with Crippen LogP contribution in [0.25, 0.3) is 22.2 Å². The largest absolute Gasteiger partial charge is 0.342 e. The first-order valence-corrected chi connectivity index (χ1v) is 13.0. The zero-order valence-corrected chi connectivity index (χ0v) is 19.0. The normalized spacial score (nSPS) is 13.1. The maximum absolute atomic E-state index is 11.6. The Morgan fingerprint density at radius 1 is 0.871 bits per heavy atom. The van der Waals surface area contributed by atoms with Gasteiger partial charge >= 0.3 is 0 Å². The lowest BCUT2D eigenvalue weighted by atomic mass is 10.0. The van der Waals surface area contributed by atoms with Crippen molar-refractivity contribution in [2.45, 2.75) is 12.8 Å². The molecule has 0 aliphatic heterocycles. The molecule has 3 aromatic carbocycles. The molecular formula is C23H24N4O2S2. The molecule has 4 aromatic rings. The molecule has 2 atom stereocenters. The van der Waals surface area contributed by atoms with E-state index in [9.17, 15) is 8.42 Å². The summed E-state index contributed by atoms with van der Waals surface area (Å²) in [5.74, 6) is 0.935. The highest BCUT2D eigenvalue weighted by Crippen LogP contribution is 2.30. The highest BCUT2D eigenvalue weighted by molar-refractivity contribution is 7.85. The fourth-order valence-electron chi connectivity index (χ4n) is 3.50. The van der Waals surface area contributed by atoms with Crippen LogP contribution in [-0.4, -0.2) is 30.9 Å². The zero-order valence-electron chi connectivity index (χ0n) is 17.3. The molecular weight excluding hydrogens is 428 g/mol. The summed E-state index contributed by atoms with van der Waals surface area (Å²) >= 11 is 0. The van der Waals surface area contributed by atoms with Crippen LogP contribution >= 0.6 is 0 Å². The fourth-order valence-corrected chi connectivity index (χ4v) is 4.45. The molecule has 4 rings (SSSR count). The van der Waals surface area contributed by atoms with Crippen LogP contribution < -0.4 is 9.44 Å². The highest BCUT2D eigenvalue weighted by atomic mass is 32.2. The first kappa shape index (κ1) is 21.3. The summed E-state index contributed by atoms with van der Waals surface area (Å²) in [5, 5.41) is 0. The molecule has 0 saturated heterocycles. The number of aromatic nitrogens is 2. The van der Waals surface area contributed by atoms with Crippen molar-refractivity contribution in [3.05, 3.63) is 78.1 Å². The van der Waals surface area contributed by atoms with Gasteiger partial charge in [0.15, 0.2) is 0 Å². The third-order valence-corrected chi connectivity index (χ3v) is 5.92. The molecule has 2 unspecified atom stereocenters. The third-order valence-electron chi connectivity index (χ3n) is 4.89. The number of benzene rings is 3. The standard InChI is InChI=1S/C23H24N4O2S2/c1-30(28)26-18-11-7-16(8-12-18)9-14-23-24-21-13-10-17(15-22(21)25-23)19-5-3-4-6-20(19)27-31(2)29/h3-8,10-13,15,26-27H,9,14H2,1-2H3,(H,24,25). The van der Waals surface area contributed by atoms with Crippen molar-refractivity contribution >= 4 is 44.4 Å². The molecule has 0 aliphatic carbocycles.